The van der Waals surface area contributed by atoms with Crippen LogP contribution in [0.15, 0.2) is 36.4 Å². The molecule has 0 N–H and O–H groups in total. The molecule has 0 radical (unpaired) electrons. The second-order valence-electron chi connectivity index (χ2n) is 6.62. The Morgan fingerprint density at radius 3 is 2.73 bits per heavy atom. The Balaban J connectivity index is 1.45. The minimum absolute atomic E-state index is 0.340. The lowest BCUT2D eigenvalue weighted by Gasteiger charge is -2.35. The Labute approximate surface area is 133 Å². The van der Waals surface area contributed by atoms with E-state index in [4.69, 9.17) is 0 Å². The predicted octanol–water partition coefficient (Wildman–Crippen LogP) is 3.00. The lowest BCUT2D eigenvalue weighted by atomic mass is 10.0. The summed E-state index contributed by atoms with van der Waals surface area (Å²) in [7, 11) is 0. The molecule has 1 amide bonds. The number of allylic oxidation sites excluding steroid dienone is 2. The molecule has 1 aromatic rings. The van der Waals surface area contributed by atoms with E-state index >= 15 is 0 Å². The minimum atomic E-state index is 0.340. The third-order valence-corrected chi connectivity index (χ3v) is 4.76. The largest absolute Gasteiger partial charge is 0.340 e. The molecular weight excluding hydrogens is 272 g/mol. The number of rotatable bonds is 4. The molecule has 118 valence electrons. The predicted molar refractivity (Wildman–Crippen MR) is 89.5 cm³/mol. The van der Waals surface area contributed by atoms with Gasteiger partial charge in [-0.25, -0.2) is 0 Å². The normalized spacial score (nSPS) is 22.2. The van der Waals surface area contributed by atoms with Crippen LogP contribution < -0.4 is 0 Å². The number of piperazine rings is 1. The van der Waals surface area contributed by atoms with Crippen LogP contribution in [0.2, 0.25) is 0 Å². The lowest BCUT2D eigenvalue weighted by molar-refractivity contribution is -0.133. The molecule has 1 aromatic carbocycles. The molecule has 22 heavy (non-hydrogen) atoms. The van der Waals surface area contributed by atoms with Crippen molar-refractivity contribution in [1.29, 1.82) is 0 Å². The minimum Gasteiger partial charge on any atom is -0.340 e. The monoisotopic (exact) mass is 298 g/mol. The van der Waals surface area contributed by atoms with E-state index < -0.39 is 0 Å². The smallest absolute Gasteiger partial charge is 0.223 e. The number of amides is 1. The van der Waals surface area contributed by atoms with Crippen LogP contribution in [0.1, 0.15) is 30.4 Å². The number of benzene rings is 1. The van der Waals surface area contributed by atoms with Crippen molar-refractivity contribution in [3.05, 3.63) is 47.5 Å². The summed E-state index contributed by atoms with van der Waals surface area (Å²) in [4.78, 5) is 16.8. The summed E-state index contributed by atoms with van der Waals surface area (Å²) in [5.74, 6) is 0.824. The Bertz CT molecular complexity index is 544. The van der Waals surface area contributed by atoms with Crippen LogP contribution in [0.4, 0.5) is 0 Å². The molecule has 1 atom stereocenters. The molecule has 0 spiro atoms. The van der Waals surface area contributed by atoms with Gasteiger partial charge >= 0.3 is 0 Å². The summed E-state index contributed by atoms with van der Waals surface area (Å²) < 4.78 is 0. The van der Waals surface area contributed by atoms with Gasteiger partial charge in [0.1, 0.15) is 0 Å². The fourth-order valence-electron chi connectivity index (χ4n) is 3.44. The maximum absolute atomic E-state index is 12.3. The van der Waals surface area contributed by atoms with Gasteiger partial charge in [0.25, 0.3) is 0 Å². The van der Waals surface area contributed by atoms with Crippen LogP contribution in [0, 0.1) is 12.8 Å². The van der Waals surface area contributed by atoms with Crippen molar-refractivity contribution in [2.24, 2.45) is 5.92 Å². The number of carbonyl (C=O) groups excluding carboxylic acids is 1. The van der Waals surface area contributed by atoms with Crippen LogP contribution >= 0.6 is 0 Å². The van der Waals surface area contributed by atoms with Crippen molar-refractivity contribution in [3.8, 4) is 0 Å². The van der Waals surface area contributed by atoms with E-state index in [1.807, 2.05) is 0 Å². The van der Waals surface area contributed by atoms with Gasteiger partial charge in [-0.3, -0.25) is 9.69 Å². The van der Waals surface area contributed by atoms with Crippen LogP contribution in [0.25, 0.3) is 0 Å². The molecule has 3 heteroatoms. The van der Waals surface area contributed by atoms with Crippen molar-refractivity contribution in [3.63, 3.8) is 0 Å². The average molecular weight is 298 g/mol. The van der Waals surface area contributed by atoms with Crippen LogP contribution in [0.3, 0.4) is 0 Å². The highest BCUT2D eigenvalue weighted by atomic mass is 16.2. The fraction of sp³-hybridized carbons (Fsp3) is 0.526. The van der Waals surface area contributed by atoms with E-state index in [-0.39, 0.29) is 0 Å². The second-order valence-corrected chi connectivity index (χ2v) is 6.62. The Morgan fingerprint density at radius 1 is 1.23 bits per heavy atom. The van der Waals surface area contributed by atoms with Crippen molar-refractivity contribution in [2.75, 3.05) is 26.2 Å². The molecule has 1 aliphatic carbocycles. The molecule has 1 fully saturated rings. The summed E-state index contributed by atoms with van der Waals surface area (Å²) in [5.41, 5.74) is 2.69. The summed E-state index contributed by atoms with van der Waals surface area (Å²) in [6.07, 6.45) is 7.42. The van der Waals surface area contributed by atoms with Gasteiger partial charge in [0.15, 0.2) is 0 Å². The maximum atomic E-state index is 12.3. The third-order valence-electron chi connectivity index (χ3n) is 4.76. The summed E-state index contributed by atoms with van der Waals surface area (Å²) in [5, 5.41) is 0. The summed E-state index contributed by atoms with van der Waals surface area (Å²) >= 11 is 0. The molecule has 0 unspecified atom stereocenters. The van der Waals surface area contributed by atoms with E-state index in [1.54, 1.807) is 0 Å². The number of nitrogens with zero attached hydrogens (tertiary/aromatic N) is 2. The first-order chi connectivity index (χ1) is 10.7. The van der Waals surface area contributed by atoms with E-state index in [9.17, 15) is 4.79 Å². The molecule has 2 aliphatic rings. The summed E-state index contributed by atoms with van der Waals surface area (Å²) in [6, 6.07) is 8.71. The molecule has 3 rings (SSSR count). The van der Waals surface area contributed by atoms with Gasteiger partial charge < -0.3 is 4.90 Å². The highest BCUT2D eigenvalue weighted by molar-refractivity contribution is 5.76. The maximum Gasteiger partial charge on any atom is 0.223 e. The third kappa shape index (κ3) is 3.98. The van der Waals surface area contributed by atoms with Crippen molar-refractivity contribution < 1.29 is 4.79 Å². The SMILES string of the molecule is Cc1cccc(CN2CCN(C(=O)C[C@@H]3C=CCC3)CC2)c1. The molecule has 0 aromatic heterocycles. The fourth-order valence-corrected chi connectivity index (χ4v) is 3.44. The molecule has 0 saturated carbocycles. The molecule has 1 heterocycles. The Morgan fingerprint density at radius 2 is 2.05 bits per heavy atom. The molecule has 1 aliphatic heterocycles. The van der Waals surface area contributed by atoms with E-state index in [0.29, 0.717) is 18.2 Å². The van der Waals surface area contributed by atoms with Gasteiger partial charge in [-0.05, 0) is 31.2 Å². The molecular formula is C19H26N2O. The van der Waals surface area contributed by atoms with Crippen LogP contribution in [0.5, 0.6) is 0 Å². The number of hydrogen-bond acceptors (Lipinski definition) is 2. The molecule has 1 saturated heterocycles. The quantitative estimate of drug-likeness (QED) is 0.798. The highest BCUT2D eigenvalue weighted by Gasteiger charge is 2.23. The topological polar surface area (TPSA) is 23.6 Å². The second kappa shape index (κ2) is 7.10. The zero-order valence-corrected chi connectivity index (χ0v) is 13.5. The van der Waals surface area contributed by atoms with Gasteiger partial charge in [0.2, 0.25) is 5.91 Å². The molecule has 0 bridgehead atoms. The average Bonchev–Trinajstić information content (AvgIpc) is 3.01. The van der Waals surface area contributed by atoms with Crippen LogP contribution in [-0.2, 0) is 11.3 Å². The molecule has 3 nitrogen and oxygen atoms in total. The van der Waals surface area contributed by atoms with Gasteiger partial charge in [-0.15, -0.1) is 0 Å². The standard InChI is InChI=1S/C19H26N2O/c1-16-5-4-8-18(13-16)15-20-9-11-21(12-10-20)19(22)14-17-6-2-3-7-17/h2,4-6,8,13,17H,3,7,9-12,14-15H2,1H3/t17-/m1/s1. The first-order valence-electron chi connectivity index (χ1n) is 8.43. The van der Waals surface area contributed by atoms with Gasteiger partial charge in [0.05, 0.1) is 0 Å². The van der Waals surface area contributed by atoms with Gasteiger partial charge in [-0.1, -0.05) is 42.0 Å². The first kappa shape index (κ1) is 15.3. The van der Waals surface area contributed by atoms with Crippen LogP contribution in [-0.4, -0.2) is 41.9 Å². The van der Waals surface area contributed by atoms with E-state index in [2.05, 4.69) is 53.1 Å². The van der Waals surface area contributed by atoms with Gasteiger partial charge in [-0.2, -0.15) is 0 Å². The van der Waals surface area contributed by atoms with Crippen molar-refractivity contribution >= 4 is 5.91 Å². The first-order valence-corrected chi connectivity index (χ1v) is 8.43. The Hall–Kier alpha value is -1.61. The van der Waals surface area contributed by atoms with Crippen molar-refractivity contribution in [2.45, 2.75) is 32.7 Å². The number of aryl methyl sites for hydroxylation is 1. The van der Waals surface area contributed by atoms with E-state index in [0.717, 1.165) is 45.6 Å². The zero-order valence-electron chi connectivity index (χ0n) is 13.5. The summed E-state index contributed by atoms with van der Waals surface area (Å²) in [6.45, 7) is 6.86. The lowest BCUT2D eigenvalue weighted by Crippen LogP contribution is -2.48. The highest BCUT2D eigenvalue weighted by Crippen LogP contribution is 2.21. The van der Waals surface area contributed by atoms with E-state index in [1.165, 1.54) is 11.1 Å². The number of hydrogen-bond donors (Lipinski definition) is 0. The Kier molecular flexibility index (Phi) is 4.94. The van der Waals surface area contributed by atoms with Gasteiger partial charge in [0, 0.05) is 39.1 Å². The number of carbonyl (C=O) groups is 1. The zero-order chi connectivity index (χ0) is 15.4. The van der Waals surface area contributed by atoms with Crippen molar-refractivity contribution in [1.82, 2.24) is 9.80 Å².